The van der Waals surface area contributed by atoms with Crippen LogP contribution in [0.4, 0.5) is 0 Å². The van der Waals surface area contributed by atoms with E-state index in [1.54, 1.807) is 11.3 Å². The Bertz CT molecular complexity index is 2770. The van der Waals surface area contributed by atoms with Gasteiger partial charge in [-0.1, -0.05) is 172 Å². The first-order valence-electron chi connectivity index (χ1n) is 20.7. The lowest BCUT2D eigenvalue weighted by Crippen LogP contribution is -2.18. The molecule has 0 aliphatic heterocycles. The number of para-hydroxylation sites is 1. The number of thiazole rings is 1. The average molecular weight is 791 g/mol. The number of hydrogen-bond acceptors (Lipinski definition) is 4. The van der Waals surface area contributed by atoms with Crippen LogP contribution < -0.4 is 0 Å². The summed E-state index contributed by atoms with van der Waals surface area (Å²) in [6.07, 6.45) is 1.93. The Labute approximate surface area is 354 Å². The van der Waals surface area contributed by atoms with Crippen LogP contribution in [-0.2, 0) is 16.2 Å². The highest BCUT2D eigenvalue weighted by atomic mass is 32.1. The normalized spacial score (nSPS) is 12.8. The second kappa shape index (κ2) is 15.4. The van der Waals surface area contributed by atoms with Crippen molar-refractivity contribution in [2.24, 2.45) is 0 Å². The highest BCUT2D eigenvalue weighted by molar-refractivity contribution is 7.21. The monoisotopic (exact) mass is 790 g/mol. The van der Waals surface area contributed by atoms with Gasteiger partial charge in [0.2, 0.25) is 0 Å². The summed E-state index contributed by atoms with van der Waals surface area (Å²) in [7, 11) is 0. The van der Waals surface area contributed by atoms with Crippen LogP contribution in [0.5, 0.6) is 5.75 Å². The molecule has 1 unspecified atom stereocenters. The predicted molar refractivity (Wildman–Crippen MR) is 251 cm³/mol. The molecule has 0 aliphatic carbocycles. The third-order valence-corrected chi connectivity index (χ3v) is 13.0. The van der Waals surface area contributed by atoms with Crippen molar-refractivity contribution in [2.75, 3.05) is 0 Å². The molecule has 0 saturated heterocycles. The summed E-state index contributed by atoms with van der Waals surface area (Å²) in [6, 6.07) is 52.4. The lowest BCUT2D eigenvalue weighted by molar-refractivity contribution is 0.446. The number of benzene rings is 6. The molecule has 6 aromatic carbocycles. The van der Waals surface area contributed by atoms with Gasteiger partial charge in [0.25, 0.3) is 0 Å². The summed E-state index contributed by atoms with van der Waals surface area (Å²) in [5.74, 6) is 0.462. The molecule has 8 aromatic rings. The van der Waals surface area contributed by atoms with Gasteiger partial charge in [0.05, 0.1) is 21.5 Å². The van der Waals surface area contributed by atoms with E-state index in [1.165, 1.54) is 27.8 Å². The number of aromatic nitrogens is 2. The van der Waals surface area contributed by atoms with E-state index in [0.717, 1.165) is 59.9 Å². The van der Waals surface area contributed by atoms with Crippen LogP contribution in [0.1, 0.15) is 102 Å². The Balaban J connectivity index is 1.24. The van der Waals surface area contributed by atoms with E-state index in [9.17, 15) is 5.11 Å². The number of pyridine rings is 1. The van der Waals surface area contributed by atoms with E-state index in [2.05, 4.69) is 208 Å². The van der Waals surface area contributed by atoms with Crippen molar-refractivity contribution in [3.63, 3.8) is 0 Å². The summed E-state index contributed by atoms with van der Waals surface area (Å²) in [4.78, 5) is 10.3. The fourth-order valence-electron chi connectivity index (χ4n) is 8.11. The Morgan fingerprint density at radius 1 is 0.525 bits per heavy atom. The molecule has 0 spiro atoms. The van der Waals surface area contributed by atoms with Crippen molar-refractivity contribution < 1.29 is 5.11 Å². The van der Waals surface area contributed by atoms with Gasteiger partial charge in [0.1, 0.15) is 10.8 Å². The first-order chi connectivity index (χ1) is 28.1. The molecular formula is C55H54N2OS. The van der Waals surface area contributed by atoms with Crippen LogP contribution >= 0.6 is 11.3 Å². The molecule has 1 atom stereocenters. The van der Waals surface area contributed by atoms with Crippen molar-refractivity contribution in [3.8, 4) is 49.8 Å². The minimum absolute atomic E-state index is 0.0926. The first-order valence-corrected chi connectivity index (χ1v) is 21.5. The minimum Gasteiger partial charge on any atom is -0.507 e. The van der Waals surface area contributed by atoms with E-state index < -0.39 is 0 Å². The molecule has 2 heterocycles. The molecule has 4 heteroatoms. The van der Waals surface area contributed by atoms with Gasteiger partial charge in [-0.05, 0) is 91.7 Å². The second-order valence-electron chi connectivity index (χ2n) is 18.6. The van der Waals surface area contributed by atoms with E-state index in [0.29, 0.717) is 5.75 Å². The quantitative estimate of drug-likeness (QED) is 0.167. The van der Waals surface area contributed by atoms with Crippen molar-refractivity contribution in [1.82, 2.24) is 9.97 Å². The van der Waals surface area contributed by atoms with Crippen LogP contribution in [0.3, 0.4) is 0 Å². The Morgan fingerprint density at radius 2 is 1.19 bits per heavy atom. The third kappa shape index (κ3) is 7.99. The van der Waals surface area contributed by atoms with Crippen molar-refractivity contribution >= 4 is 21.6 Å². The van der Waals surface area contributed by atoms with Crippen LogP contribution in [0.2, 0.25) is 0 Å². The molecule has 0 fully saturated rings. The minimum atomic E-state index is -0.234. The molecule has 0 radical (unpaired) electrons. The van der Waals surface area contributed by atoms with Crippen molar-refractivity contribution in [3.05, 3.63) is 185 Å². The topological polar surface area (TPSA) is 46.0 Å². The number of aromatic hydroxyl groups is 1. The summed E-state index contributed by atoms with van der Waals surface area (Å²) < 4.78 is 1.08. The maximum absolute atomic E-state index is 11.8. The standard InChI is InChI=1S/C55H54N2OS/c1-35(36-17-12-10-13-18-36)39-29-40(45-21-16-22-49-50(45)57-52(59-49)46-33-44(53(2,3)4)34-47(51(46)58)54(5,6)7)31-41(30-39)48-32-38(27-28-56-48)37-23-25-43(26-24-37)55(8,9)42-19-14-11-15-20-42/h10-35,58H,1-9H3. The maximum atomic E-state index is 11.8. The van der Waals surface area contributed by atoms with Gasteiger partial charge in [-0.25, -0.2) is 4.98 Å². The Kier molecular flexibility index (Phi) is 10.4. The molecule has 8 rings (SSSR count). The fourth-order valence-corrected chi connectivity index (χ4v) is 9.12. The van der Waals surface area contributed by atoms with Gasteiger partial charge in [-0.15, -0.1) is 11.3 Å². The lowest BCUT2D eigenvalue weighted by Gasteiger charge is -2.27. The van der Waals surface area contributed by atoms with Gasteiger partial charge in [-0.3, -0.25) is 4.98 Å². The summed E-state index contributed by atoms with van der Waals surface area (Å²) >= 11 is 1.64. The zero-order chi connectivity index (χ0) is 41.7. The van der Waals surface area contributed by atoms with E-state index >= 15 is 0 Å². The zero-order valence-corrected chi connectivity index (χ0v) is 36.6. The van der Waals surface area contributed by atoms with E-state index in [4.69, 9.17) is 9.97 Å². The second-order valence-corrected chi connectivity index (χ2v) is 19.6. The van der Waals surface area contributed by atoms with Gasteiger partial charge >= 0.3 is 0 Å². The molecule has 2 aromatic heterocycles. The van der Waals surface area contributed by atoms with Crippen LogP contribution in [0.25, 0.3) is 54.3 Å². The third-order valence-electron chi connectivity index (χ3n) is 12.0. The van der Waals surface area contributed by atoms with Crippen LogP contribution in [-0.4, -0.2) is 15.1 Å². The molecule has 3 nitrogen and oxygen atoms in total. The summed E-state index contributed by atoms with van der Waals surface area (Å²) in [5.41, 5.74) is 14.9. The highest BCUT2D eigenvalue weighted by Gasteiger charge is 2.27. The Hall–Kier alpha value is -5.84. The molecule has 0 bridgehead atoms. The molecule has 1 N–H and O–H groups in total. The number of hydrogen-bond donors (Lipinski definition) is 1. The molecule has 0 aliphatic rings. The van der Waals surface area contributed by atoms with Crippen molar-refractivity contribution in [1.29, 1.82) is 0 Å². The fraction of sp³-hybridized carbons (Fsp3) is 0.236. The molecular weight excluding hydrogens is 737 g/mol. The van der Waals surface area contributed by atoms with Gasteiger partial charge in [0.15, 0.2) is 0 Å². The van der Waals surface area contributed by atoms with Crippen LogP contribution in [0.15, 0.2) is 152 Å². The lowest BCUT2D eigenvalue weighted by atomic mass is 9.78. The molecule has 59 heavy (non-hydrogen) atoms. The highest BCUT2D eigenvalue weighted by Crippen LogP contribution is 2.46. The molecule has 0 amide bonds. The maximum Gasteiger partial charge on any atom is 0.129 e. The van der Waals surface area contributed by atoms with Crippen LogP contribution in [0, 0.1) is 0 Å². The van der Waals surface area contributed by atoms with Gasteiger partial charge in [0, 0.05) is 34.2 Å². The zero-order valence-electron chi connectivity index (χ0n) is 35.8. The first kappa shape index (κ1) is 40.0. The number of rotatable bonds is 8. The largest absolute Gasteiger partial charge is 0.507 e. The number of phenols is 1. The summed E-state index contributed by atoms with van der Waals surface area (Å²) in [6.45, 7) is 20.0. The summed E-state index contributed by atoms with van der Waals surface area (Å²) in [5, 5.41) is 12.6. The van der Waals surface area contributed by atoms with E-state index in [1.807, 2.05) is 6.20 Å². The predicted octanol–water partition coefficient (Wildman–Crippen LogP) is 15.1. The molecule has 296 valence electrons. The Morgan fingerprint density at radius 3 is 1.86 bits per heavy atom. The van der Waals surface area contributed by atoms with E-state index in [-0.39, 0.29) is 22.2 Å². The number of phenolic OH excluding ortho intramolecular Hbond substituents is 1. The smallest absolute Gasteiger partial charge is 0.129 e. The SMILES string of the molecule is CC(c1ccccc1)c1cc(-c2cc(-c3ccc(C(C)(C)c4ccccc4)cc3)ccn2)cc(-c2cccc3sc(-c4cc(C(C)(C)C)cc(C(C)(C)C)c4O)nc23)c1. The van der Waals surface area contributed by atoms with Gasteiger partial charge in [-0.2, -0.15) is 0 Å². The number of fused-ring (bicyclic) bond motifs is 1. The van der Waals surface area contributed by atoms with Gasteiger partial charge < -0.3 is 5.11 Å². The van der Waals surface area contributed by atoms with Crippen molar-refractivity contribution in [2.45, 2.75) is 84.5 Å². The number of nitrogens with zero attached hydrogens (tertiary/aromatic N) is 2. The average Bonchev–Trinajstić information content (AvgIpc) is 3.68. The molecule has 0 saturated carbocycles.